The molecule has 2 amide bonds. The average molecular weight is 727 g/mol. The summed E-state index contributed by atoms with van der Waals surface area (Å²) in [5, 5.41) is 50.2. The van der Waals surface area contributed by atoms with Crippen molar-refractivity contribution < 1.29 is 67.2 Å². The molecule has 1 aromatic heterocycles. The van der Waals surface area contributed by atoms with Crippen molar-refractivity contribution in [3.05, 3.63) is 46.8 Å². The van der Waals surface area contributed by atoms with E-state index < -0.39 is 93.6 Å². The summed E-state index contributed by atoms with van der Waals surface area (Å²) in [5.74, 6) is -8.45. The molecule has 0 radical (unpaired) electrons. The lowest BCUT2D eigenvalue weighted by Crippen LogP contribution is -2.57. The highest BCUT2D eigenvalue weighted by molar-refractivity contribution is 7.87. The molecule has 24 heteroatoms. The van der Waals surface area contributed by atoms with Gasteiger partial charge < -0.3 is 46.4 Å². The van der Waals surface area contributed by atoms with Gasteiger partial charge >= 0.3 is 33.8 Å². The largest absolute Gasteiger partial charge is 0.504 e. The summed E-state index contributed by atoms with van der Waals surface area (Å²) in [7, 11) is -4.65. The Hall–Kier alpha value is -5.46. The number of nitrogen functional groups attached to an aromatic ring is 1. The van der Waals surface area contributed by atoms with Crippen LogP contribution in [0.1, 0.15) is 25.0 Å². The number of thiazole rings is 1. The Morgan fingerprint density at radius 1 is 1.14 bits per heavy atom. The third kappa shape index (κ3) is 5.52. The molecule has 1 aromatic rings. The second-order valence-electron chi connectivity index (χ2n) is 11.1. The van der Waals surface area contributed by atoms with E-state index in [9.17, 15) is 52.8 Å². The number of nitrogens with zero attached hydrogens (tertiary/aromatic N) is 5. The number of nitrogens with one attached hydrogen (secondary N) is 2. The van der Waals surface area contributed by atoms with Crippen LogP contribution in [0.5, 0.6) is 0 Å². The Balaban J connectivity index is 1.23. The van der Waals surface area contributed by atoms with E-state index in [0.717, 1.165) is 23.6 Å². The molecule has 0 saturated carbocycles. The predicted octanol–water partition coefficient (Wildman–Crippen LogP) is -2.43. The molecule has 0 bridgehead atoms. The van der Waals surface area contributed by atoms with E-state index in [0.29, 0.717) is 14.8 Å². The van der Waals surface area contributed by atoms with Crippen LogP contribution in [-0.2, 0) is 48.6 Å². The first-order chi connectivity index (χ1) is 23.1. The molecule has 3 fully saturated rings. The van der Waals surface area contributed by atoms with Crippen LogP contribution in [-0.4, -0.2) is 126 Å². The molecule has 0 spiro atoms. The standard InChI is InChI=1S/C25H26N8O14S2/c26-23-29-13(10-48-23)17(30-47-24(21(39)40)1-3-27-4-2-24)18(36)28-12-9-45-33(19(12)37)25(22(41)42)6-14(20(38)46-25)32-7-11-5-15(34)16(35)8-31(11)49(32,43)44/h5,7-8,10,12,14,27,34-35H,1-4,6,9H2,(H2,26,29)(H,28,36)(H,39,40)(H,41,42)/b30-17-/t12-,14?,25?/m0/s1. The molecule has 6 heterocycles. The van der Waals surface area contributed by atoms with Gasteiger partial charge in [0.1, 0.15) is 24.4 Å². The number of hydrogen-bond acceptors (Lipinski definition) is 17. The van der Waals surface area contributed by atoms with E-state index in [-0.39, 0.29) is 47.5 Å². The number of allylic oxidation sites excluding steroid dienone is 1. The lowest BCUT2D eigenvalue weighted by atomic mass is 9.93. The number of piperidine rings is 1. The smallest absolute Gasteiger partial charge is 0.372 e. The number of esters is 1. The van der Waals surface area contributed by atoms with Gasteiger partial charge in [-0.15, -0.1) is 11.3 Å². The Morgan fingerprint density at radius 3 is 2.49 bits per heavy atom. The number of aliphatic carboxylic acids is 2. The number of anilines is 1. The van der Waals surface area contributed by atoms with Crippen molar-refractivity contribution in [1.29, 1.82) is 0 Å². The number of carbonyl (C=O) groups excluding carboxylic acids is 3. The average Bonchev–Trinajstić information content (AvgIpc) is 3.79. The van der Waals surface area contributed by atoms with Crippen molar-refractivity contribution in [2.75, 3.05) is 25.4 Å². The van der Waals surface area contributed by atoms with Crippen LogP contribution in [0, 0.1) is 0 Å². The predicted molar refractivity (Wildman–Crippen MR) is 158 cm³/mol. The SMILES string of the molecule is Nc1nc(/C(=N/OC2(C(=O)O)CCNCC2)C(=O)N[C@H]2CON(C3(C(=O)O)CC(N4C=C5C=C(O)C(O)=CN5S4(=O)=O)C(=O)O3)C2=O)cs1. The summed E-state index contributed by atoms with van der Waals surface area (Å²) < 4.78 is 32.5. The van der Waals surface area contributed by atoms with Crippen molar-refractivity contribution in [1.82, 2.24) is 29.3 Å². The van der Waals surface area contributed by atoms with Crippen molar-refractivity contribution in [2.24, 2.45) is 5.16 Å². The van der Waals surface area contributed by atoms with Crippen molar-refractivity contribution in [3.8, 4) is 0 Å². The molecule has 3 atom stereocenters. The Kier molecular flexibility index (Phi) is 8.12. The molecule has 49 heavy (non-hydrogen) atoms. The van der Waals surface area contributed by atoms with Gasteiger partial charge in [0.15, 0.2) is 22.4 Å². The minimum absolute atomic E-state index is 0.00699. The van der Waals surface area contributed by atoms with Crippen molar-refractivity contribution in [3.63, 3.8) is 0 Å². The van der Waals surface area contributed by atoms with Gasteiger partial charge in [0.2, 0.25) is 5.60 Å². The maximum Gasteiger partial charge on any atom is 0.372 e. The van der Waals surface area contributed by atoms with Crippen LogP contribution in [0.25, 0.3) is 0 Å². The zero-order chi connectivity index (χ0) is 35.5. The number of carboxylic acids is 2. The van der Waals surface area contributed by atoms with Gasteiger partial charge in [-0.3, -0.25) is 14.4 Å². The maximum absolute atomic E-state index is 13.5. The van der Waals surface area contributed by atoms with Gasteiger partial charge in [-0.05, 0) is 13.1 Å². The highest BCUT2D eigenvalue weighted by Crippen LogP contribution is 2.41. The fourth-order valence-corrected chi connectivity index (χ4v) is 7.55. The van der Waals surface area contributed by atoms with Crippen LogP contribution in [0.2, 0.25) is 0 Å². The summed E-state index contributed by atoms with van der Waals surface area (Å²) in [6.45, 7) is -0.115. The fraction of sp³-hybridized carbons (Fsp3) is 0.400. The third-order valence-electron chi connectivity index (χ3n) is 8.06. The number of aliphatic hydroxyl groups is 2. The summed E-state index contributed by atoms with van der Waals surface area (Å²) in [6.07, 6.45) is 1.47. The van der Waals surface area contributed by atoms with Crippen LogP contribution in [0.3, 0.4) is 0 Å². The van der Waals surface area contributed by atoms with Crippen LogP contribution >= 0.6 is 11.3 Å². The molecule has 8 N–H and O–H groups in total. The first-order valence-corrected chi connectivity index (χ1v) is 16.4. The van der Waals surface area contributed by atoms with Gasteiger partial charge in [-0.1, -0.05) is 5.16 Å². The Labute approximate surface area is 278 Å². The number of amides is 2. The highest BCUT2D eigenvalue weighted by Gasteiger charge is 2.65. The second kappa shape index (κ2) is 11.9. The molecule has 3 saturated heterocycles. The molecular weight excluding hydrogens is 700 g/mol. The molecule has 0 aliphatic carbocycles. The van der Waals surface area contributed by atoms with Crippen LogP contribution in [0.15, 0.2) is 46.2 Å². The lowest BCUT2D eigenvalue weighted by molar-refractivity contribution is -0.256. The number of carbonyl (C=O) groups is 5. The number of hydrogen-bond donors (Lipinski definition) is 7. The molecule has 5 aliphatic heterocycles. The number of cyclic esters (lactones) is 1. The van der Waals surface area contributed by atoms with E-state index in [4.69, 9.17) is 20.1 Å². The topological polar surface area (TPSA) is 313 Å². The number of aromatic nitrogens is 1. The van der Waals surface area contributed by atoms with E-state index in [1.54, 1.807) is 0 Å². The molecule has 22 nitrogen and oxygen atoms in total. The molecule has 2 unspecified atom stereocenters. The molecule has 262 valence electrons. The number of hydroxylamine groups is 2. The minimum atomic E-state index is -4.65. The van der Waals surface area contributed by atoms with E-state index in [1.165, 1.54) is 5.38 Å². The van der Waals surface area contributed by atoms with Crippen molar-refractivity contribution in [2.45, 2.75) is 42.7 Å². The summed E-state index contributed by atoms with van der Waals surface area (Å²) in [4.78, 5) is 79.3. The Bertz CT molecular complexity index is 1880. The number of fused-ring (bicyclic) bond motifs is 1. The lowest BCUT2D eigenvalue weighted by Gasteiger charge is -2.31. The zero-order valence-electron chi connectivity index (χ0n) is 24.7. The normalized spacial score (nSPS) is 27.6. The quantitative estimate of drug-likeness (QED) is 0.0790. The minimum Gasteiger partial charge on any atom is -0.504 e. The maximum atomic E-state index is 13.5. The molecular formula is C25H26N8O14S2. The summed E-state index contributed by atoms with van der Waals surface area (Å²) in [6, 6.07) is -3.49. The number of rotatable bonds is 9. The molecule has 5 aliphatic rings. The van der Waals surface area contributed by atoms with Gasteiger partial charge in [-0.2, -0.15) is 13.5 Å². The van der Waals surface area contributed by atoms with E-state index in [1.807, 2.05) is 0 Å². The number of nitrogens with two attached hydrogens (primary N) is 1. The fourth-order valence-electron chi connectivity index (χ4n) is 5.48. The number of carboxylic acid groups (broad SMARTS) is 2. The van der Waals surface area contributed by atoms with Crippen molar-refractivity contribution >= 4 is 62.1 Å². The second-order valence-corrected chi connectivity index (χ2v) is 13.7. The third-order valence-corrected chi connectivity index (χ3v) is 10.4. The van der Waals surface area contributed by atoms with E-state index in [2.05, 4.69) is 20.8 Å². The van der Waals surface area contributed by atoms with Gasteiger partial charge in [-0.25, -0.2) is 28.0 Å². The summed E-state index contributed by atoms with van der Waals surface area (Å²) >= 11 is 0.923. The first-order valence-electron chi connectivity index (χ1n) is 14.1. The first kappa shape index (κ1) is 33.4. The van der Waals surface area contributed by atoms with Gasteiger partial charge in [0.25, 0.3) is 11.8 Å². The number of oxime groups is 1. The highest BCUT2D eigenvalue weighted by atomic mass is 32.2. The van der Waals surface area contributed by atoms with Gasteiger partial charge in [0.05, 0.1) is 18.3 Å². The van der Waals surface area contributed by atoms with Crippen LogP contribution < -0.4 is 16.4 Å². The Morgan fingerprint density at radius 2 is 1.86 bits per heavy atom. The number of ether oxygens (including phenoxy) is 1. The van der Waals surface area contributed by atoms with Gasteiger partial charge in [0, 0.05) is 30.5 Å². The monoisotopic (exact) mass is 726 g/mol. The van der Waals surface area contributed by atoms with E-state index >= 15 is 0 Å². The molecule has 6 rings (SSSR count). The molecule has 0 aromatic carbocycles. The zero-order valence-corrected chi connectivity index (χ0v) is 26.3. The van der Waals surface area contributed by atoms with Crippen LogP contribution in [0.4, 0.5) is 5.13 Å². The summed E-state index contributed by atoms with van der Waals surface area (Å²) in [5.41, 5.74) is 0.118. The number of aliphatic hydroxyl groups excluding tert-OH is 2.